The SMILES string of the molecule is CCOC(=O)CN[C@@H](Cc1cc(I)c(Oc2cc(I)c(OC(C)=O)c(I)c2)c(I)c1)C(=O)OC(C)(C)C. The summed E-state index contributed by atoms with van der Waals surface area (Å²) in [6, 6.07) is 6.74. The summed E-state index contributed by atoms with van der Waals surface area (Å²) >= 11 is 8.60. The zero-order chi connectivity index (χ0) is 27.9. The quantitative estimate of drug-likeness (QED) is 0.170. The Bertz CT molecular complexity index is 1120. The van der Waals surface area contributed by atoms with E-state index in [1.165, 1.54) is 6.92 Å². The van der Waals surface area contributed by atoms with Crippen molar-refractivity contribution in [2.45, 2.75) is 52.7 Å². The summed E-state index contributed by atoms with van der Waals surface area (Å²) in [6.07, 6.45) is 0.313. The lowest BCUT2D eigenvalue weighted by molar-refractivity contribution is -0.157. The fraction of sp³-hybridized carbons (Fsp3) is 0.400. The highest BCUT2D eigenvalue weighted by molar-refractivity contribution is 14.1. The van der Waals surface area contributed by atoms with E-state index in [1.54, 1.807) is 39.8 Å². The van der Waals surface area contributed by atoms with E-state index >= 15 is 0 Å². The molecule has 37 heavy (non-hydrogen) atoms. The first-order valence-corrected chi connectivity index (χ1v) is 15.5. The summed E-state index contributed by atoms with van der Waals surface area (Å²) in [6.45, 7) is 8.65. The van der Waals surface area contributed by atoms with E-state index in [0.717, 1.165) is 19.8 Å². The van der Waals surface area contributed by atoms with E-state index < -0.39 is 23.6 Å². The molecule has 2 aromatic carbocycles. The number of hydrogen-bond donors (Lipinski definition) is 1. The largest absolute Gasteiger partial charge is 0.465 e. The number of carbonyl (C=O) groups excluding carboxylic acids is 3. The Kier molecular flexibility index (Phi) is 13.1. The van der Waals surface area contributed by atoms with Gasteiger partial charge in [0.2, 0.25) is 0 Å². The summed E-state index contributed by atoms with van der Waals surface area (Å²) < 4.78 is 25.3. The van der Waals surface area contributed by atoms with Crippen LogP contribution in [0.1, 0.15) is 40.2 Å². The Labute approximate surface area is 271 Å². The molecule has 0 bridgehead atoms. The first kappa shape index (κ1) is 32.7. The topological polar surface area (TPSA) is 100 Å². The Morgan fingerprint density at radius 3 is 1.95 bits per heavy atom. The molecule has 12 heteroatoms. The predicted octanol–water partition coefficient (Wildman–Crippen LogP) is 6.23. The van der Waals surface area contributed by atoms with E-state index in [1.807, 2.05) is 12.1 Å². The number of nitrogens with one attached hydrogen (secondary N) is 1. The second-order valence-electron chi connectivity index (χ2n) is 8.78. The maximum atomic E-state index is 12.9. The van der Waals surface area contributed by atoms with E-state index in [-0.39, 0.29) is 19.1 Å². The Morgan fingerprint density at radius 1 is 0.919 bits per heavy atom. The minimum absolute atomic E-state index is 0.103. The zero-order valence-corrected chi connectivity index (χ0v) is 29.5. The number of ether oxygens (including phenoxy) is 4. The van der Waals surface area contributed by atoms with Gasteiger partial charge >= 0.3 is 17.9 Å². The van der Waals surface area contributed by atoms with Crippen molar-refractivity contribution in [3.63, 3.8) is 0 Å². The van der Waals surface area contributed by atoms with Gasteiger partial charge in [-0.2, -0.15) is 0 Å². The minimum atomic E-state index is -0.737. The van der Waals surface area contributed by atoms with Crippen LogP contribution in [0.15, 0.2) is 24.3 Å². The van der Waals surface area contributed by atoms with Crippen LogP contribution >= 0.6 is 90.4 Å². The standard InChI is InChI=1S/C25H27I4NO7/c1-6-34-21(32)12-30-20(24(33)37-25(3,4)5)9-14-7-16(26)23(17(27)8-14)36-15-10-18(28)22(19(29)11-15)35-13(2)31/h7-8,10-11,20,30H,6,9,12H2,1-5H3/t20-/m0/s1. The van der Waals surface area contributed by atoms with E-state index in [2.05, 4.69) is 95.7 Å². The Morgan fingerprint density at radius 2 is 1.46 bits per heavy atom. The molecule has 0 aromatic heterocycles. The van der Waals surface area contributed by atoms with Crippen molar-refractivity contribution < 1.29 is 33.3 Å². The molecular weight excluding hydrogens is 934 g/mol. The molecule has 0 amide bonds. The molecule has 0 aliphatic carbocycles. The van der Waals surface area contributed by atoms with E-state index in [4.69, 9.17) is 18.9 Å². The van der Waals surface area contributed by atoms with Crippen molar-refractivity contribution in [3.05, 3.63) is 44.1 Å². The molecule has 0 saturated heterocycles. The second kappa shape index (κ2) is 14.8. The smallest absolute Gasteiger partial charge is 0.324 e. The van der Waals surface area contributed by atoms with Crippen molar-refractivity contribution >= 4 is 108 Å². The molecule has 0 spiro atoms. The molecule has 1 atom stereocenters. The number of halogens is 4. The molecule has 1 N–H and O–H groups in total. The molecule has 0 fully saturated rings. The fourth-order valence-electron chi connectivity index (χ4n) is 3.05. The lowest BCUT2D eigenvalue weighted by Crippen LogP contribution is -2.45. The average Bonchev–Trinajstić information content (AvgIpc) is 2.75. The van der Waals surface area contributed by atoms with Crippen LogP contribution in [0.25, 0.3) is 0 Å². The number of benzene rings is 2. The van der Waals surface area contributed by atoms with Crippen LogP contribution in [0.2, 0.25) is 0 Å². The molecule has 8 nitrogen and oxygen atoms in total. The molecule has 202 valence electrons. The molecule has 0 radical (unpaired) electrons. The van der Waals surface area contributed by atoms with E-state index in [9.17, 15) is 14.4 Å². The van der Waals surface area contributed by atoms with Gasteiger partial charge in [-0.1, -0.05) is 0 Å². The monoisotopic (exact) mass is 961 g/mol. The molecule has 0 heterocycles. The highest BCUT2D eigenvalue weighted by Gasteiger charge is 2.27. The van der Waals surface area contributed by atoms with Gasteiger partial charge in [0, 0.05) is 6.92 Å². The summed E-state index contributed by atoms with van der Waals surface area (Å²) in [5.41, 5.74) is 0.212. The van der Waals surface area contributed by atoms with Gasteiger partial charge in [0.25, 0.3) is 0 Å². The van der Waals surface area contributed by atoms with E-state index in [0.29, 0.717) is 23.7 Å². The third kappa shape index (κ3) is 10.9. The predicted molar refractivity (Wildman–Crippen MR) is 173 cm³/mol. The van der Waals surface area contributed by atoms with Crippen LogP contribution in [-0.4, -0.2) is 42.7 Å². The van der Waals surface area contributed by atoms with Crippen LogP contribution in [0.3, 0.4) is 0 Å². The minimum Gasteiger partial charge on any atom is -0.465 e. The molecular formula is C25H27I4NO7. The summed E-state index contributed by atoms with van der Waals surface area (Å²) in [4.78, 5) is 36.1. The van der Waals surface area contributed by atoms with Crippen molar-refractivity contribution in [1.82, 2.24) is 5.32 Å². The maximum absolute atomic E-state index is 12.9. The van der Waals surface area contributed by atoms with Gasteiger partial charge in [-0.3, -0.25) is 19.7 Å². The number of hydrogen-bond acceptors (Lipinski definition) is 8. The molecule has 2 rings (SSSR count). The molecule has 0 aliphatic heterocycles. The number of esters is 3. The average molecular weight is 961 g/mol. The lowest BCUT2D eigenvalue weighted by atomic mass is 10.1. The van der Waals surface area contributed by atoms with Crippen LogP contribution < -0.4 is 14.8 Å². The van der Waals surface area contributed by atoms with Crippen LogP contribution in [0.4, 0.5) is 0 Å². The first-order valence-electron chi connectivity index (χ1n) is 11.1. The van der Waals surface area contributed by atoms with Gasteiger partial charge in [0.05, 0.1) is 27.4 Å². The molecule has 0 saturated carbocycles. The van der Waals surface area contributed by atoms with Crippen molar-refractivity contribution in [3.8, 4) is 17.2 Å². The van der Waals surface area contributed by atoms with Gasteiger partial charge in [0.15, 0.2) is 11.5 Å². The van der Waals surface area contributed by atoms with Crippen molar-refractivity contribution in [2.75, 3.05) is 13.2 Å². The highest BCUT2D eigenvalue weighted by atomic mass is 127. The molecule has 0 aliphatic rings. The summed E-state index contributed by atoms with van der Waals surface area (Å²) in [5.74, 6) is 0.517. The molecule has 0 unspecified atom stereocenters. The highest BCUT2D eigenvalue weighted by Crippen LogP contribution is 2.37. The van der Waals surface area contributed by atoms with Gasteiger partial charge < -0.3 is 18.9 Å². The van der Waals surface area contributed by atoms with Gasteiger partial charge in [0.1, 0.15) is 17.4 Å². The Balaban J connectivity index is 2.27. The Hall–Kier alpha value is -0.470. The van der Waals surface area contributed by atoms with Gasteiger partial charge in [-0.25, -0.2) is 0 Å². The van der Waals surface area contributed by atoms with Crippen molar-refractivity contribution in [2.24, 2.45) is 0 Å². The lowest BCUT2D eigenvalue weighted by Gasteiger charge is -2.25. The molecule has 2 aromatic rings. The van der Waals surface area contributed by atoms with Gasteiger partial charge in [-0.05, 0) is 154 Å². The maximum Gasteiger partial charge on any atom is 0.324 e. The third-order valence-electron chi connectivity index (χ3n) is 4.42. The number of carbonyl (C=O) groups is 3. The second-order valence-corrected chi connectivity index (χ2v) is 13.4. The van der Waals surface area contributed by atoms with Crippen LogP contribution in [-0.2, 0) is 30.3 Å². The van der Waals surface area contributed by atoms with Crippen LogP contribution in [0.5, 0.6) is 17.2 Å². The fourth-order valence-corrected chi connectivity index (χ4v) is 7.10. The third-order valence-corrected chi connectivity index (χ3v) is 7.63. The van der Waals surface area contributed by atoms with Gasteiger partial charge in [-0.15, -0.1) is 0 Å². The summed E-state index contributed by atoms with van der Waals surface area (Å²) in [5, 5.41) is 2.98. The number of rotatable bonds is 10. The normalized spacial score (nSPS) is 12.0. The zero-order valence-electron chi connectivity index (χ0n) is 20.9. The van der Waals surface area contributed by atoms with Crippen LogP contribution in [0, 0.1) is 14.3 Å². The van der Waals surface area contributed by atoms with Crippen molar-refractivity contribution in [1.29, 1.82) is 0 Å². The first-order chi connectivity index (χ1) is 17.2. The summed E-state index contributed by atoms with van der Waals surface area (Å²) in [7, 11) is 0.